The largest absolute Gasteiger partial charge is 0.440 e. The molecule has 0 aliphatic carbocycles. The van der Waals surface area contributed by atoms with E-state index in [0.29, 0.717) is 6.42 Å². The highest BCUT2D eigenvalue weighted by molar-refractivity contribution is 6.29. The molecule has 0 aliphatic heterocycles. The number of amides is 1. The van der Waals surface area contributed by atoms with E-state index in [2.05, 4.69) is 10.5 Å². The number of carbonyl (C=O) groups is 1. The van der Waals surface area contributed by atoms with Gasteiger partial charge in [-0.1, -0.05) is 12.1 Å². The summed E-state index contributed by atoms with van der Waals surface area (Å²) in [4.78, 5) is 11.6. The van der Waals surface area contributed by atoms with Crippen molar-refractivity contribution in [3.8, 4) is 0 Å². The van der Waals surface area contributed by atoms with Crippen LogP contribution in [0.1, 0.15) is 23.9 Å². The van der Waals surface area contributed by atoms with E-state index in [9.17, 15) is 4.79 Å². The molecule has 1 unspecified atom stereocenters. The number of hydrogen-bond donors (Lipinski definition) is 3. The molecule has 1 rings (SSSR count). The first kappa shape index (κ1) is 12.4. The molecule has 0 aromatic carbocycles. The Labute approximate surface area is 97.0 Å². The quantitative estimate of drug-likeness (QED) is 0.321. The molecule has 0 saturated heterocycles. The third-order valence-electron chi connectivity index (χ3n) is 1.98. The summed E-state index contributed by atoms with van der Waals surface area (Å²) in [5.74, 6) is -0.451. The molecule has 0 fully saturated rings. The maximum Gasteiger partial charge on any atom is 0.287 e. The number of furan rings is 1. The number of carbonyl (C=O) groups excluding carboxylic acids is 1. The van der Waals surface area contributed by atoms with Crippen molar-refractivity contribution >= 4 is 23.3 Å². The SMILES string of the molecule is CCC(NC(=O)c1ccc(Cl)o1)/C(N)=N/O. The van der Waals surface area contributed by atoms with Crippen LogP contribution in [0.15, 0.2) is 21.7 Å². The average molecular weight is 246 g/mol. The van der Waals surface area contributed by atoms with Crippen LogP contribution < -0.4 is 11.1 Å². The summed E-state index contributed by atoms with van der Waals surface area (Å²) >= 11 is 5.53. The molecule has 0 radical (unpaired) electrons. The van der Waals surface area contributed by atoms with Crippen LogP contribution in [0, 0.1) is 0 Å². The van der Waals surface area contributed by atoms with Gasteiger partial charge in [0, 0.05) is 0 Å². The number of halogens is 1. The Kier molecular flexibility index (Phi) is 4.19. The molecule has 16 heavy (non-hydrogen) atoms. The lowest BCUT2D eigenvalue weighted by Gasteiger charge is -2.13. The van der Waals surface area contributed by atoms with Crippen LogP contribution in [0.25, 0.3) is 0 Å². The number of hydrogen-bond acceptors (Lipinski definition) is 4. The predicted octanol–water partition coefficient (Wildman–Crippen LogP) is 1.19. The summed E-state index contributed by atoms with van der Waals surface area (Å²) in [5, 5.41) is 14.0. The molecule has 1 aromatic heterocycles. The van der Waals surface area contributed by atoms with Crippen LogP contribution in [0.3, 0.4) is 0 Å². The maximum atomic E-state index is 11.6. The van der Waals surface area contributed by atoms with Crippen LogP contribution >= 0.6 is 11.6 Å². The molecule has 0 spiro atoms. The Hall–Kier alpha value is -1.69. The van der Waals surface area contributed by atoms with E-state index in [4.69, 9.17) is 27.0 Å². The van der Waals surface area contributed by atoms with Gasteiger partial charge in [-0.25, -0.2) is 0 Å². The second kappa shape index (κ2) is 5.41. The third kappa shape index (κ3) is 2.90. The fraction of sp³-hybridized carbons (Fsp3) is 0.333. The number of nitrogens with two attached hydrogens (primary N) is 1. The molecule has 1 atom stereocenters. The van der Waals surface area contributed by atoms with Crippen molar-refractivity contribution in [3.05, 3.63) is 23.1 Å². The van der Waals surface area contributed by atoms with Crippen molar-refractivity contribution in [1.82, 2.24) is 5.32 Å². The van der Waals surface area contributed by atoms with Gasteiger partial charge in [0.1, 0.15) is 0 Å². The fourth-order valence-electron chi connectivity index (χ4n) is 1.12. The van der Waals surface area contributed by atoms with E-state index in [1.54, 1.807) is 6.92 Å². The van der Waals surface area contributed by atoms with Gasteiger partial charge in [-0.15, -0.1) is 0 Å². The molecule has 88 valence electrons. The second-order valence-corrected chi connectivity index (χ2v) is 3.44. The maximum absolute atomic E-state index is 11.6. The lowest BCUT2D eigenvalue weighted by atomic mass is 10.2. The number of rotatable bonds is 4. The molecule has 0 aliphatic rings. The Morgan fingerprint density at radius 2 is 2.44 bits per heavy atom. The summed E-state index contributed by atoms with van der Waals surface area (Å²) < 4.78 is 4.91. The van der Waals surface area contributed by atoms with Gasteiger partial charge < -0.3 is 20.7 Å². The molecule has 6 nitrogen and oxygen atoms in total. The van der Waals surface area contributed by atoms with Gasteiger partial charge in [0.05, 0.1) is 6.04 Å². The molecular weight excluding hydrogens is 234 g/mol. The molecule has 1 amide bonds. The Bertz CT molecular complexity index is 402. The van der Waals surface area contributed by atoms with Gasteiger partial charge in [-0.05, 0) is 30.2 Å². The molecule has 7 heteroatoms. The minimum absolute atomic E-state index is 0.0616. The normalized spacial score (nSPS) is 13.5. The van der Waals surface area contributed by atoms with Crippen LogP contribution in [-0.2, 0) is 0 Å². The molecule has 1 heterocycles. The average Bonchev–Trinajstić information content (AvgIpc) is 2.71. The van der Waals surface area contributed by atoms with E-state index in [1.807, 2.05) is 0 Å². The topological polar surface area (TPSA) is 101 Å². The van der Waals surface area contributed by atoms with Crippen LogP contribution in [0.5, 0.6) is 0 Å². The minimum atomic E-state index is -0.540. The second-order valence-electron chi connectivity index (χ2n) is 3.06. The van der Waals surface area contributed by atoms with Crippen LogP contribution in [0.2, 0.25) is 5.22 Å². The molecular formula is C9H12ClN3O3. The predicted molar refractivity (Wildman–Crippen MR) is 58.7 cm³/mol. The summed E-state index contributed by atoms with van der Waals surface area (Å²) in [6.07, 6.45) is 0.496. The molecule has 0 saturated carbocycles. The molecule has 4 N–H and O–H groups in total. The van der Waals surface area contributed by atoms with E-state index in [-0.39, 0.29) is 16.8 Å². The number of amidine groups is 1. The van der Waals surface area contributed by atoms with Gasteiger partial charge in [-0.3, -0.25) is 4.79 Å². The summed E-state index contributed by atoms with van der Waals surface area (Å²) in [5.41, 5.74) is 5.39. The van der Waals surface area contributed by atoms with Crippen molar-refractivity contribution in [2.24, 2.45) is 10.9 Å². The summed E-state index contributed by atoms with van der Waals surface area (Å²) in [6, 6.07) is 2.36. The monoisotopic (exact) mass is 245 g/mol. The fourth-order valence-corrected chi connectivity index (χ4v) is 1.27. The Morgan fingerprint density at radius 3 is 2.88 bits per heavy atom. The first-order valence-electron chi connectivity index (χ1n) is 4.62. The number of nitrogens with one attached hydrogen (secondary N) is 1. The lowest BCUT2D eigenvalue weighted by molar-refractivity contribution is 0.0918. The highest BCUT2D eigenvalue weighted by Crippen LogP contribution is 2.13. The number of oxime groups is 1. The van der Waals surface area contributed by atoms with Crippen LogP contribution in [-0.4, -0.2) is 23.0 Å². The van der Waals surface area contributed by atoms with Crippen molar-refractivity contribution in [3.63, 3.8) is 0 Å². The zero-order chi connectivity index (χ0) is 12.1. The standard InChI is InChI=1S/C9H12ClN3O3/c1-2-5(8(11)13-15)12-9(14)6-3-4-7(10)16-6/h3-5,15H,2H2,1H3,(H2,11,13)(H,12,14). The van der Waals surface area contributed by atoms with Crippen molar-refractivity contribution in [2.75, 3.05) is 0 Å². The lowest BCUT2D eigenvalue weighted by Crippen LogP contribution is -2.44. The van der Waals surface area contributed by atoms with E-state index < -0.39 is 11.9 Å². The highest BCUT2D eigenvalue weighted by atomic mass is 35.5. The van der Waals surface area contributed by atoms with Crippen molar-refractivity contribution in [2.45, 2.75) is 19.4 Å². The molecule has 0 bridgehead atoms. The zero-order valence-corrected chi connectivity index (χ0v) is 9.36. The molecule has 1 aromatic rings. The highest BCUT2D eigenvalue weighted by Gasteiger charge is 2.18. The van der Waals surface area contributed by atoms with Crippen molar-refractivity contribution < 1.29 is 14.4 Å². The summed E-state index contributed by atoms with van der Waals surface area (Å²) in [6.45, 7) is 1.79. The Balaban J connectivity index is 2.70. The first-order valence-corrected chi connectivity index (χ1v) is 4.99. The van der Waals surface area contributed by atoms with Gasteiger partial charge >= 0.3 is 0 Å². The van der Waals surface area contributed by atoms with Crippen LogP contribution in [0.4, 0.5) is 0 Å². The van der Waals surface area contributed by atoms with Gasteiger partial charge in [0.15, 0.2) is 16.8 Å². The van der Waals surface area contributed by atoms with Gasteiger partial charge in [0.2, 0.25) is 0 Å². The minimum Gasteiger partial charge on any atom is -0.440 e. The van der Waals surface area contributed by atoms with Crippen molar-refractivity contribution in [1.29, 1.82) is 0 Å². The zero-order valence-electron chi connectivity index (χ0n) is 8.61. The van der Waals surface area contributed by atoms with Gasteiger partial charge in [-0.2, -0.15) is 0 Å². The number of nitrogens with zero attached hydrogens (tertiary/aromatic N) is 1. The van der Waals surface area contributed by atoms with Gasteiger partial charge in [0.25, 0.3) is 5.91 Å². The first-order chi connectivity index (χ1) is 7.58. The van der Waals surface area contributed by atoms with E-state index in [1.165, 1.54) is 12.1 Å². The Morgan fingerprint density at radius 1 is 1.75 bits per heavy atom. The third-order valence-corrected chi connectivity index (χ3v) is 2.19. The van der Waals surface area contributed by atoms with E-state index >= 15 is 0 Å². The summed E-state index contributed by atoms with van der Waals surface area (Å²) in [7, 11) is 0. The van der Waals surface area contributed by atoms with E-state index in [0.717, 1.165) is 0 Å². The smallest absolute Gasteiger partial charge is 0.287 e.